The van der Waals surface area contributed by atoms with E-state index < -0.39 is 24.0 Å². The van der Waals surface area contributed by atoms with E-state index >= 15 is 0 Å². The summed E-state index contributed by atoms with van der Waals surface area (Å²) in [5.74, 6) is -0.699. The van der Waals surface area contributed by atoms with Crippen LogP contribution in [0.25, 0.3) is 6.08 Å². The summed E-state index contributed by atoms with van der Waals surface area (Å²) in [4.78, 5) is 64.9. The number of likely N-dealkylation sites (tertiary alicyclic amines) is 1. The number of amides is 3. The van der Waals surface area contributed by atoms with Crippen LogP contribution in [-0.4, -0.2) is 77.3 Å². The molecule has 3 atom stereocenters. The quantitative estimate of drug-likeness (QED) is 0.303. The summed E-state index contributed by atoms with van der Waals surface area (Å²) in [7, 11) is 2.89. The average molecular weight is 623 g/mol. The minimum atomic E-state index is -0.763. The summed E-state index contributed by atoms with van der Waals surface area (Å²) in [6.45, 7) is 3.86. The Morgan fingerprint density at radius 3 is 2.48 bits per heavy atom. The molecule has 0 radical (unpaired) electrons. The van der Waals surface area contributed by atoms with Gasteiger partial charge in [-0.2, -0.15) is 0 Å². The molecular formula is C32H38N4O7S. The van der Waals surface area contributed by atoms with Gasteiger partial charge in [-0.05, 0) is 59.9 Å². The summed E-state index contributed by atoms with van der Waals surface area (Å²) in [6, 6.07) is 11.3. The molecular weight excluding hydrogens is 584 g/mol. The van der Waals surface area contributed by atoms with Gasteiger partial charge in [0.15, 0.2) is 5.12 Å². The summed E-state index contributed by atoms with van der Waals surface area (Å²) in [5, 5.41) is 4.34. The lowest BCUT2D eigenvalue weighted by atomic mass is 9.94. The summed E-state index contributed by atoms with van der Waals surface area (Å²) >= 11 is 1.09. The molecule has 1 saturated heterocycles. The number of hydrazine groups is 1. The minimum absolute atomic E-state index is 0.0626. The van der Waals surface area contributed by atoms with Gasteiger partial charge in [-0.3, -0.25) is 29.4 Å². The monoisotopic (exact) mass is 622 g/mol. The van der Waals surface area contributed by atoms with E-state index in [2.05, 4.69) is 10.7 Å². The van der Waals surface area contributed by atoms with Crippen molar-refractivity contribution in [1.29, 1.82) is 0 Å². The second-order valence-electron chi connectivity index (χ2n) is 10.8. The first-order valence-electron chi connectivity index (χ1n) is 14.4. The predicted molar refractivity (Wildman–Crippen MR) is 167 cm³/mol. The standard InChI is InChI=1S/C32H38N4O7S/c1-20(19-44-21(2)37)31(40)35-15-5-6-27(35)30(39)34-36-18-24-16-25(11-10-23(24)17-28(36)32(41)43-4)33-29(38)14-9-22-7-12-26(42-3)13-8-22/h7-14,16,20,27-28H,5-6,15,17-19H2,1-4H3,(H,33,38)(H,34,39)/t20-,27+,28?/m1/s1. The van der Waals surface area contributed by atoms with Gasteiger partial charge in [0.05, 0.1) is 14.2 Å². The van der Waals surface area contributed by atoms with E-state index in [9.17, 15) is 24.0 Å². The van der Waals surface area contributed by atoms with Crippen molar-refractivity contribution in [3.8, 4) is 5.75 Å². The van der Waals surface area contributed by atoms with Crippen molar-refractivity contribution in [2.24, 2.45) is 5.92 Å². The lowest BCUT2D eigenvalue weighted by molar-refractivity contribution is -0.152. The molecule has 2 aromatic carbocycles. The number of anilines is 1. The number of hydrogen-bond acceptors (Lipinski definition) is 9. The molecule has 12 heteroatoms. The molecule has 2 aromatic rings. The molecule has 2 aliphatic heterocycles. The van der Waals surface area contributed by atoms with Crippen LogP contribution in [-0.2, 0) is 41.7 Å². The van der Waals surface area contributed by atoms with Crippen LogP contribution in [0, 0.1) is 5.92 Å². The van der Waals surface area contributed by atoms with Gasteiger partial charge in [0.1, 0.15) is 17.8 Å². The highest BCUT2D eigenvalue weighted by Gasteiger charge is 2.39. The average Bonchev–Trinajstić information content (AvgIpc) is 3.52. The highest BCUT2D eigenvalue weighted by Crippen LogP contribution is 2.27. The number of esters is 1. The van der Waals surface area contributed by atoms with Gasteiger partial charge in [-0.15, -0.1) is 0 Å². The van der Waals surface area contributed by atoms with E-state index in [1.165, 1.54) is 20.1 Å². The number of nitrogens with one attached hydrogen (secondary N) is 2. The first kappa shape index (κ1) is 32.7. The first-order valence-corrected chi connectivity index (χ1v) is 15.4. The Hall–Kier alpha value is -4.16. The number of carbonyl (C=O) groups is 5. The molecule has 0 saturated carbocycles. The number of carbonyl (C=O) groups excluding carboxylic acids is 5. The maximum absolute atomic E-state index is 13.5. The van der Waals surface area contributed by atoms with E-state index in [-0.39, 0.29) is 29.4 Å². The van der Waals surface area contributed by atoms with E-state index in [1.54, 1.807) is 36.1 Å². The zero-order valence-electron chi connectivity index (χ0n) is 25.3. The van der Waals surface area contributed by atoms with E-state index in [4.69, 9.17) is 9.47 Å². The lowest BCUT2D eigenvalue weighted by Gasteiger charge is -2.36. The van der Waals surface area contributed by atoms with Crippen LogP contribution in [0.1, 0.15) is 43.4 Å². The molecule has 0 bridgehead atoms. The Morgan fingerprint density at radius 2 is 1.80 bits per heavy atom. The molecule has 0 aliphatic carbocycles. The van der Waals surface area contributed by atoms with Crippen LogP contribution in [0.5, 0.6) is 5.75 Å². The molecule has 2 aliphatic rings. The van der Waals surface area contributed by atoms with Crippen LogP contribution in [0.2, 0.25) is 0 Å². The SMILES string of the molecule is COC(=O)C1Cc2ccc(NC(=O)C=Cc3ccc(OC)cc3)cc2CN1NC(=O)[C@@H]1CCCN1C(=O)[C@H](C)CSC(C)=O. The Bertz CT molecular complexity index is 1430. The Balaban J connectivity index is 1.44. The number of benzene rings is 2. The summed E-state index contributed by atoms with van der Waals surface area (Å²) in [5.41, 5.74) is 6.02. The van der Waals surface area contributed by atoms with Crippen molar-refractivity contribution in [1.82, 2.24) is 15.3 Å². The maximum atomic E-state index is 13.5. The zero-order chi connectivity index (χ0) is 31.8. The topological polar surface area (TPSA) is 134 Å². The molecule has 1 unspecified atom stereocenters. The Morgan fingerprint density at radius 1 is 1.05 bits per heavy atom. The van der Waals surface area contributed by atoms with Gasteiger partial charge in [0, 0.05) is 49.9 Å². The highest BCUT2D eigenvalue weighted by atomic mass is 32.2. The van der Waals surface area contributed by atoms with Gasteiger partial charge >= 0.3 is 5.97 Å². The molecule has 11 nitrogen and oxygen atoms in total. The van der Waals surface area contributed by atoms with Crippen molar-refractivity contribution in [3.05, 3.63) is 65.2 Å². The lowest BCUT2D eigenvalue weighted by Crippen LogP contribution is -2.58. The van der Waals surface area contributed by atoms with Crippen molar-refractivity contribution in [2.75, 3.05) is 31.8 Å². The number of hydrogen-bond donors (Lipinski definition) is 2. The third-order valence-corrected chi connectivity index (χ3v) is 8.74. The summed E-state index contributed by atoms with van der Waals surface area (Å²) < 4.78 is 10.2. The Kier molecular flexibility index (Phi) is 11.2. The third-order valence-electron chi connectivity index (χ3n) is 7.67. The molecule has 2 heterocycles. The fourth-order valence-corrected chi connectivity index (χ4v) is 5.94. The number of fused-ring (bicyclic) bond motifs is 1. The molecule has 0 aromatic heterocycles. The highest BCUT2D eigenvalue weighted by molar-refractivity contribution is 8.13. The molecule has 234 valence electrons. The fourth-order valence-electron chi connectivity index (χ4n) is 5.31. The van der Waals surface area contributed by atoms with Gasteiger partial charge in [0.2, 0.25) is 11.8 Å². The van der Waals surface area contributed by atoms with Crippen LogP contribution in [0.15, 0.2) is 48.5 Å². The van der Waals surface area contributed by atoms with Crippen LogP contribution in [0.3, 0.4) is 0 Å². The second kappa shape index (κ2) is 15.0. The van der Waals surface area contributed by atoms with Crippen molar-refractivity contribution in [3.63, 3.8) is 0 Å². The van der Waals surface area contributed by atoms with Crippen molar-refractivity contribution in [2.45, 2.75) is 51.7 Å². The van der Waals surface area contributed by atoms with Crippen molar-refractivity contribution < 1.29 is 33.4 Å². The second-order valence-corrected chi connectivity index (χ2v) is 12.0. The molecule has 0 spiro atoms. The van der Waals surface area contributed by atoms with Gasteiger partial charge < -0.3 is 19.7 Å². The van der Waals surface area contributed by atoms with E-state index in [0.29, 0.717) is 37.2 Å². The van der Waals surface area contributed by atoms with Crippen LogP contribution >= 0.6 is 11.8 Å². The molecule has 4 rings (SSSR count). The molecule has 1 fully saturated rings. The van der Waals surface area contributed by atoms with Gasteiger partial charge in [0.25, 0.3) is 5.91 Å². The zero-order valence-corrected chi connectivity index (χ0v) is 26.1. The molecule has 3 amide bonds. The predicted octanol–water partition coefficient (Wildman–Crippen LogP) is 3.18. The number of rotatable bonds is 10. The van der Waals surface area contributed by atoms with Gasteiger partial charge in [-0.25, -0.2) is 5.01 Å². The third kappa shape index (κ3) is 8.26. The largest absolute Gasteiger partial charge is 0.497 e. The minimum Gasteiger partial charge on any atom is -0.497 e. The fraction of sp³-hybridized carbons (Fsp3) is 0.406. The number of nitrogens with zero attached hydrogens (tertiary/aromatic N) is 2. The normalized spacial score (nSPS) is 18.8. The van der Waals surface area contributed by atoms with E-state index in [1.807, 2.05) is 36.4 Å². The van der Waals surface area contributed by atoms with E-state index in [0.717, 1.165) is 34.2 Å². The molecule has 2 N–H and O–H groups in total. The smallest absolute Gasteiger partial charge is 0.325 e. The van der Waals surface area contributed by atoms with Crippen LogP contribution < -0.4 is 15.5 Å². The maximum Gasteiger partial charge on any atom is 0.325 e. The van der Waals surface area contributed by atoms with Gasteiger partial charge in [-0.1, -0.05) is 36.9 Å². The number of methoxy groups -OCH3 is 2. The summed E-state index contributed by atoms with van der Waals surface area (Å²) in [6.07, 6.45) is 4.61. The van der Waals surface area contributed by atoms with Crippen LogP contribution in [0.4, 0.5) is 5.69 Å². The Labute approximate surface area is 261 Å². The first-order chi connectivity index (χ1) is 21.1. The number of ether oxygens (including phenoxy) is 2. The van der Waals surface area contributed by atoms with Crippen molar-refractivity contribution >= 4 is 52.3 Å². The number of thioether (sulfide) groups is 1. The molecule has 44 heavy (non-hydrogen) atoms.